The van der Waals surface area contributed by atoms with E-state index in [0.29, 0.717) is 41.0 Å². The molecule has 0 bridgehead atoms. The van der Waals surface area contributed by atoms with Crippen LogP contribution in [-0.2, 0) is 17.6 Å². The molecule has 0 atom stereocenters. The van der Waals surface area contributed by atoms with Gasteiger partial charge in [-0.2, -0.15) is 0 Å². The first kappa shape index (κ1) is 20.4. The average Bonchev–Trinajstić information content (AvgIpc) is 3.22. The fourth-order valence-electron chi connectivity index (χ4n) is 3.23. The van der Waals surface area contributed by atoms with Crippen LogP contribution in [0.1, 0.15) is 64.8 Å². The SMILES string of the molecule is CCOC(=O)c1c(NC(=O)c2cccc(OCCC(C)C)c2)sc2c1CCC2. The number of carbonyl (C=O) groups excluding carboxylic acids is 2. The summed E-state index contributed by atoms with van der Waals surface area (Å²) >= 11 is 1.48. The van der Waals surface area contributed by atoms with Crippen molar-refractivity contribution >= 4 is 28.2 Å². The highest BCUT2D eigenvalue weighted by Gasteiger charge is 2.28. The molecule has 1 aromatic heterocycles. The number of benzene rings is 1. The lowest BCUT2D eigenvalue weighted by Crippen LogP contribution is -2.15. The maximum absolute atomic E-state index is 12.8. The van der Waals surface area contributed by atoms with Crippen LogP contribution in [0, 0.1) is 5.92 Å². The van der Waals surface area contributed by atoms with E-state index in [2.05, 4.69) is 19.2 Å². The zero-order valence-corrected chi connectivity index (χ0v) is 17.5. The van der Waals surface area contributed by atoms with Crippen LogP contribution in [0.25, 0.3) is 0 Å². The van der Waals surface area contributed by atoms with Crippen molar-refractivity contribution in [3.63, 3.8) is 0 Å². The van der Waals surface area contributed by atoms with Crippen molar-refractivity contribution in [1.29, 1.82) is 0 Å². The molecule has 1 aliphatic rings. The van der Waals surface area contributed by atoms with E-state index in [-0.39, 0.29) is 11.9 Å². The molecule has 2 aromatic rings. The number of hydrogen-bond acceptors (Lipinski definition) is 5. The second-order valence-corrected chi connectivity index (χ2v) is 8.40. The fourth-order valence-corrected chi connectivity index (χ4v) is 4.50. The lowest BCUT2D eigenvalue weighted by Gasteiger charge is -2.10. The number of hydrogen-bond donors (Lipinski definition) is 1. The van der Waals surface area contributed by atoms with Crippen LogP contribution in [-0.4, -0.2) is 25.1 Å². The maximum Gasteiger partial charge on any atom is 0.341 e. The number of carbonyl (C=O) groups is 2. The largest absolute Gasteiger partial charge is 0.494 e. The number of fused-ring (bicyclic) bond motifs is 1. The Bertz CT molecular complexity index is 856. The van der Waals surface area contributed by atoms with Crippen molar-refractivity contribution in [1.82, 2.24) is 0 Å². The van der Waals surface area contributed by atoms with Crippen LogP contribution in [0.4, 0.5) is 5.00 Å². The molecule has 1 N–H and O–H groups in total. The van der Waals surface area contributed by atoms with Crippen molar-refractivity contribution in [2.24, 2.45) is 5.92 Å². The molecule has 0 aliphatic heterocycles. The van der Waals surface area contributed by atoms with Gasteiger partial charge in [-0.05, 0) is 62.3 Å². The Morgan fingerprint density at radius 2 is 2.07 bits per heavy atom. The van der Waals surface area contributed by atoms with Crippen molar-refractivity contribution in [3.05, 3.63) is 45.8 Å². The molecule has 6 heteroatoms. The molecule has 0 saturated heterocycles. The van der Waals surface area contributed by atoms with E-state index in [1.807, 2.05) is 6.07 Å². The van der Waals surface area contributed by atoms with E-state index in [9.17, 15) is 9.59 Å². The zero-order valence-electron chi connectivity index (χ0n) is 16.7. The second-order valence-electron chi connectivity index (χ2n) is 7.29. The maximum atomic E-state index is 12.8. The van der Waals surface area contributed by atoms with E-state index >= 15 is 0 Å². The van der Waals surface area contributed by atoms with Gasteiger partial charge in [0.2, 0.25) is 0 Å². The summed E-state index contributed by atoms with van der Waals surface area (Å²) in [6.07, 6.45) is 3.80. The van der Waals surface area contributed by atoms with E-state index in [0.717, 1.165) is 31.2 Å². The topological polar surface area (TPSA) is 64.6 Å². The summed E-state index contributed by atoms with van der Waals surface area (Å²) in [6, 6.07) is 7.14. The Hall–Kier alpha value is -2.34. The highest BCUT2D eigenvalue weighted by Crippen LogP contribution is 2.39. The minimum atomic E-state index is -0.358. The molecular weight excluding hydrogens is 374 g/mol. The van der Waals surface area contributed by atoms with E-state index in [1.54, 1.807) is 25.1 Å². The van der Waals surface area contributed by atoms with Gasteiger partial charge in [0.1, 0.15) is 10.8 Å². The quantitative estimate of drug-likeness (QED) is 0.626. The molecule has 28 heavy (non-hydrogen) atoms. The smallest absolute Gasteiger partial charge is 0.341 e. The highest BCUT2D eigenvalue weighted by molar-refractivity contribution is 7.17. The highest BCUT2D eigenvalue weighted by atomic mass is 32.1. The van der Waals surface area contributed by atoms with Crippen LogP contribution in [0.5, 0.6) is 5.75 Å². The summed E-state index contributed by atoms with van der Waals surface area (Å²) in [6.45, 7) is 7.01. The lowest BCUT2D eigenvalue weighted by molar-refractivity contribution is 0.0527. The van der Waals surface area contributed by atoms with Crippen molar-refractivity contribution in [3.8, 4) is 5.75 Å². The molecule has 1 aliphatic carbocycles. The number of ether oxygens (including phenoxy) is 2. The molecule has 0 radical (unpaired) electrons. The van der Waals surface area contributed by atoms with E-state index in [4.69, 9.17) is 9.47 Å². The van der Waals surface area contributed by atoms with Gasteiger partial charge in [-0.3, -0.25) is 4.79 Å². The normalized spacial score (nSPS) is 12.7. The van der Waals surface area contributed by atoms with Gasteiger partial charge in [-0.1, -0.05) is 19.9 Å². The molecule has 1 amide bonds. The van der Waals surface area contributed by atoms with Gasteiger partial charge < -0.3 is 14.8 Å². The summed E-state index contributed by atoms with van der Waals surface area (Å²) in [5.74, 6) is 0.629. The lowest BCUT2D eigenvalue weighted by atomic mass is 10.1. The first-order valence-corrected chi connectivity index (χ1v) is 10.7. The Morgan fingerprint density at radius 3 is 2.82 bits per heavy atom. The summed E-state index contributed by atoms with van der Waals surface area (Å²) in [5, 5.41) is 3.50. The number of nitrogens with one attached hydrogen (secondary N) is 1. The molecular formula is C22H27NO4S. The summed E-state index contributed by atoms with van der Waals surface area (Å²) in [7, 11) is 0. The third-order valence-electron chi connectivity index (χ3n) is 4.69. The van der Waals surface area contributed by atoms with Crippen LogP contribution in [0.3, 0.4) is 0 Å². The minimum Gasteiger partial charge on any atom is -0.494 e. The third-order valence-corrected chi connectivity index (χ3v) is 5.90. The number of rotatable bonds is 8. The molecule has 3 rings (SSSR count). The Labute approximate surface area is 170 Å². The minimum absolute atomic E-state index is 0.250. The van der Waals surface area contributed by atoms with Crippen LogP contribution < -0.4 is 10.1 Å². The van der Waals surface area contributed by atoms with Gasteiger partial charge in [0.05, 0.1) is 18.8 Å². The Kier molecular flexibility index (Phi) is 6.73. The van der Waals surface area contributed by atoms with Gasteiger partial charge in [-0.15, -0.1) is 11.3 Å². The first-order valence-electron chi connectivity index (χ1n) is 9.85. The molecule has 1 aromatic carbocycles. The van der Waals surface area contributed by atoms with Crippen molar-refractivity contribution in [2.75, 3.05) is 18.5 Å². The van der Waals surface area contributed by atoms with Crippen LogP contribution >= 0.6 is 11.3 Å². The molecule has 0 unspecified atom stereocenters. The standard InChI is InChI=1S/C22H27NO4S/c1-4-26-22(25)19-17-9-6-10-18(17)28-21(19)23-20(24)15-7-5-8-16(13-15)27-12-11-14(2)3/h5,7-8,13-14H,4,6,9-12H2,1-3H3,(H,23,24). The second kappa shape index (κ2) is 9.24. The van der Waals surface area contributed by atoms with E-state index < -0.39 is 0 Å². The van der Waals surface area contributed by atoms with Gasteiger partial charge in [0.15, 0.2) is 0 Å². The van der Waals surface area contributed by atoms with Gasteiger partial charge in [0.25, 0.3) is 5.91 Å². The van der Waals surface area contributed by atoms with E-state index in [1.165, 1.54) is 16.2 Å². The number of esters is 1. The molecule has 5 nitrogen and oxygen atoms in total. The molecule has 0 fully saturated rings. The number of anilines is 1. The van der Waals surface area contributed by atoms with Gasteiger partial charge in [0, 0.05) is 10.4 Å². The van der Waals surface area contributed by atoms with Gasteiger partial charge in [-0.25, -0.2) is 4.79 Å². The first-order chi connectivity index (χ1) is 13.5. The Balaban J connectivity index is 1.76. The molecule has 0 saturated carbocycles. The van der Waals surface area contributed by atoms with Gasteiger partial charge >= 0.3 is 5.97 Å². The third kappa shape index (κ3) is 4.73. The predicted octanol–water partition coefficient (Wildman–Crippen LogP) is 5.09. The predicted molar refractivity (Wildman–Crippen MR) is 112 cm³/mol. The summed E-state index contributed by atoms with van der Waals surface area (Å²) in [4.78, 5) is 26.4. The fraction of sp³-hybridized carbons (Fsp3) is 0.455. The molecule has 1 heterocycles. The monoisotopic (exact) mass is 401 g/mol. The van der Waals surface area contributed by atoms with Crippen LogP contribution in [0.2, 0.25) is 0 Å². The number of aryl methyl sites for hydroxylation is 1. The Morgan fingerprint density at radius 1 is 1.25 bits per heavy atom. The van der Waals surface area contributed by atoms with Crippen LogP contribution in [0.15, 0.2) is 24.3 Å². The number of thiophene rings is 1. The summed E-state index contributed by atoms with van der Waals surface area (Å²) < 4.78 is 11.0. The van der Waals surface area contributed by atoms with Crippen molar-refractivity contribution in [2.45, 2.75) is 46.5 Å². The number of amides is 1. The van der Waals surface area contributed by atoms with Crippen molar-refractivity contribution < 1.29 is 19.1 Å². The summed E-state index contributed by atoms with van der Waals surface area (Å²) in [5.41, 5.74) is 2.06. The molecule has 150 valence electrons. The zero-order chi connectivity index (χ0) is 20.1. The average molecular weight is 402 g/mol. The molecule has 0 spiro atoms.